The van der Waals surface area contributed by atoms with E-state index in [0.29, 0.717) is 17.3 Å². The maximum Gasteiger partial charge on any atom is 0.275 e. The lowest BCUT2D eigenvalue weighted by molar-refractivity contribution is -0.116. The summed E-state index contributed by atoms with van der Waals surface area (Å²) in [6.07, 6.45) is 4.64. The van der Waals surface area contributed by atoms with Crippen LogP contribution in [-0.4, -0.2) is 40.5 Å². The van der Waals surface area contributed by atoms with Gasteiger partial charge in [0.25, 0.3) is 5.91 Å². The number of carbonyl (C=O) groups excluding carboxylic acids is 2. The molecule has 25 heavy (non-hydrogen) atoms. The maximum atomic E-state index is 12.5. The van der Waals surface area contributed by atoms with Crippen molar-refractivity contribution in [1.29, 1.82) is 0 Å². The number of likely N-dealkylation sites (tertiary alicyclic amines) is 1. The van der Waals surface area contributed by atoms with Crippen molar-refractivity contribution >= 4 is 29.3 Å². The molecule has 2 amide bonds. The number of piperidine rings is 1. The van der Waals surface area contributed by atoms with E-state index >= 15 is 0 Å². The van der Waals surface area contributed by atoms with Crippen molar-refractivity contribution in [3.05, 3.63) is 42.1 Å². The second kappa shape index (κ2) is 6.92. The van der Waals surface area contributed by atoms with Gasteiger partial charge in [0.15, 0.2) is 5.69 Å². The van der Waals surface area contributed by atoms with Crippen molar-refractivity contribution in [1.82, 2.24) is 9.88 Å². The lowest BCUT2D eigenvalue weighted by atomic mass is 10.1. The molecule has 6 nitrogen and oxygen atoms in total. The third kappa shape index (κ3) is 3.28. The van der Waals surface area contributed by atoms with Crippen LogP contribution in [0, 0.1) is 0 Å². The van der Waals surface area contributed by atoms with Crippen molar-refractivity contribution < 1.29 is 14.0 Å². The number of amides is 2. The van der Waals surface area contributed by atoms with Crippen molar-refractivity contribution in [3.8, 4) is 0 Å². The Kier molecular flexibility index (Phi) is 4.48. The molecule has 0 bridgehead atoms. The van der Waals surface area contributed by atoms with Crippen LogP contribution in [0.4, 0.5) is 5.69 Å². The van der Waals surface area contributed by atoms with Crippen LogP contribution in [0.1, 0.15) is 35.6 Å². The monoisotopic (exact) mass is 357 g/mol. The molecule has 1 fully saturated rings. The summed E-state index contributed by atoms with van der Waals surface area (Å²) in [5.41, 5.74) is 1.19. The maximum absolute atomic E-state index is 12.5. The van der Waals surface area contributed by atoms with E-state index in [1.807, 2.05) is 29.2 Å². The van der Waals surface area contributed by atoms with Gasteiger partial charge in [-0.05, 0) is 31.4 Å². The highest BCUT2D eigenvalue weighted by Crippen LogP contribution is 2.35. The number of aromatic nitrogens is 1. The van der Waals surface area contributed by atoms with Gasteiger partial charge in [0.2, 0.25) is 11.8 Å². The molecule has 0 atom stereocenters. The molecule has 0 saturated carbocycles. The molecule has 2 aliphatic rings. The van der Waals surface area contributed by atoms with Gasteiger partial charge < -0.3 is 14.2 Å². The molecule has 0 unspecified atom stereocenters. The topological polar surface area (TPSA) is 66.7 Å². The predicted molar refractivity (Wildman–Crippen MR) is 94.6 cm³/mol. The van der Waals surface area contributed by atoms with Gasteiger partial charge in [-0.2, -0.15) is 0 Å². The van der Waals surface area contributed by atoms with E-state index in [4.69, 9.17) is 4.42 Å². The minimum atomic E-state index is -0.0874. The van der Waals surface area contributed by atoms with Crippen LogP contribution in [-0.2, 0) is 11.3 Å². The quantitative estimate of drug-likeness (QED) is 0.845. The molecule has 1 aromatic heterocycles. The molecule has 7 heteroatoms. The summed E-state index contributed by atoms with van der Waals surface area (Å²) >= 11 is 1.54. The van der Waals surface area contributed by atoms with Gasteiger partial charge >= 0.3 is 0 Å². The lowest BCUT2D eigenvalue weighted by Gasteiger charge is -2.27. The van der Waals surface area contributed by atoms with Crippen LogP contribution in [0.25, 0.3) is 0 Å². The highest BCUT2D eigenvalue weighted by molar-refractivity contribution is 8.00. The number of hydrogen-bond donors (Lipinski definition) is 0. The van der Waals surface area contributed by atoms with Gasteiger partial charge in [-0.1, -0.05) is 12.1 Å². The Hall–Kier alpha value is -2.28. The Bertz CT molecular complexity index is 798. The molecule has 3 heterocycles. The number of oxazole rings is 1. The molecule has 130 valence electrons. The Morgan fingerprint density at radius 1 is 1.20 bits per heavy atom. The fraction of sp³-hybridized carbons (Fsp3) is 0.389. The molecule has 0 aliphatic carbocycles. The molecular formula is C18H19N3O3S. The first-order chi connectivity index (χ1) is 12.2. The van der Waals surface area contributed by atoms with E-state index in [2.05, 4.69) is 4.98 Å². The summed E-state index contributed by atoms with van der Waals surface area (Å²) in [4.78, 5) is 33.7. The average molecular weight is 357 g/mol. The number of anilines is 1. The van der Waals surface area contributed by atoms with Gasteiger partial charge in [0.05, 0.1) is 11.4 Å². The van der Waals surface area contributed by atoms with Crippen molar-refractivity contribution in [2.75, 3.05) is 23.7 Å². The first-order valence-electron chi connectivity index (χ1n) is 8.48. The van der Waals surface area contributed by atoms with E-state index < -0.39 is 0 Å². The van der Waals surface area contributed by atoms with E-state index in [1.54, 1.807) is 4.90 Å². The van der Waals surface area contributed by atoms with Crippen LogP contribution in [0.15, 0.2) is 39.8 Å². The molecule has 0 radical (unpaired) electrons. The number of para-hydroxylation sites is 1. The molecule has 4 rings (SSSR count). The first kappa shape index (κ1) is 16.2. The Balaban J connectivity index is 1.51. The molecule has 2 aliphatic heterocycles. The zero-order valence-corrected chi connectivity index (χ0v) is 14.6. The minimum absolute atomic E-state index is 0.0193. The number of nitrogens with zero attached hydrogens (tertiary/aromatic N) is 3. The number of thioether (sulfide) groups is 1. The van der Waals surface area contributed by atoms with Crippen molar-refractivity contribution in [3.63, 3.8) is 0 Å². The van der Waals surface area contributed by atoms with Gasteiger partial charge in [0, 0.05) is 18.0 Å². The standard InChI is InChI=1S/C18H19N3O3S/c22-17-12-25-15-7-3-2-6-14(15)21(17)10-16-19-13(11-24-16)18(23)20-8-4-1-5-9-20/h2-3,6-7,11H,1,4-5,8-10,12H2. The zero-order valence-electron chi connectivity index (χ0n) is 13.8. The highest BCUT2D eigenvalue weighted by atomic mass is 32.2. The third-order valence-electron chi connectivity index (χ3n) is 4.52. The summed E-state index contributed by atoms with van der Waals surface area (Å²) in [6, 6.07) is 7.79. The van der Waals surface area contributed by atoms with E-state index in [9.17, 15) is 9.59 Å². The van der Waals surface area contributed by atoms with Gasteiger partial charge in [-0.25, -0.2) is 4.98 Å². The smallest absolute Gasteiger partial charge is 0.275 e. The van der Waals surface area contributed by atoms with Gasteiger partial charge in [0.1, 0.15) is 12.8 Å². The minimum Gasteiger partial charge on any atom is -0.446 e. The van der Waals surface area contributed by atoms with E-state index in [1.165, 1.54) is 24.4 Å². The Morgan fingerprint density at radius 3 is 2.84 bits per heavy atom. The highest BCUT2D eigenvalue weighted by Gasteiger charge is 2.27. The molecular weight excluding hydrogens is 338 g/mol. The summed E-state index contributed by atoms with van der Waals surface area (Å²) in [6.45, 7) is 1.79. The van der Waals surface area contributed by atoms with Gasteiger partial charge in [-0.3, -0.25) is 9.59 Å². The molecule has 1 aromatic carbocycles. The number of benzene rings is 1. The van der Waals surface area contributed by atoms with Gasteiger partial charge in [-0.15, -0.1) is 11.8 Å². The molecule has 2 aromatic rings. The van der Waals surface area contributed by atoms with Crippen LogP contribution in [0.3, 0.4) is 0 Å². The van der Waals surface area contributed by atoms with Crippen LogP contribution >= 0.6 is 11.8 Å². The third-order valence-corrected chi connectivity index (χ3v) is 5.56. The predicted octanol–water partition coefficient (Wildman–Crippen LogP) is 2.94. The number of hydrogen-bond acceptors (Lipinski definition) is 5. The molecule has 0 spiro atoms. The largest absolute Gasteiger partial charge is 0.446 e. The zero-order chi connectivity index (χ0) is 17.2. The fourth-order valence-corrected chi connectivity index (χ4v) is 4.14. The summed E-state index contributed by atoms with van der Waals surface area (Å²) < 4.78 is 5.48. The normalized spacial score (nSPS) is 17.5. The summed E-state index contributed by atoms with van der Waals surface area (Å²) in [7, 11) is 0. The van der Waals surface area contributed by atoms with E-state index in [-0.39, 0.29) is 18.4 Å². The average Bonchev–Trinajstić information content (AvgIpc) is 3.13. The Labute approximate surface area is 150 Å². The first-order valence-corrected chi connectivity index (χ1v) is 9.47. The van der Waals surface area contributed by atoms with Crippen LogP contribution in [0.5, 0.6) is 0 Å². The second-order valence-electron chi connectivity index (χ2n) is 6.22. The fourth-order valence-electron chi connectivity index (χ4n) is 3.20. The number of fused-ring (bicyclic) bond motifs is 1. The molecule has 1 saturated heterocycles. The SMILES string of the molecule is O=C(c1coc(CN2C(=O)CSc3ccccc32)n1)N1CCCCC1. The van der Waals surface area contributed by atoms with Crippen molar-refractivity contribution in [2.24, 2.45) is 0 Å². The Morgan fingerprint density at radius 2 is 2.00 bits per heavy atom. The summed E-state index contributed by atoms with van der Waals surface area (Å²) in [5, 5.41) is 0. The van der Waals surface area contributed by atoms with Crippen molar-refractivity contribution in [2.45, 2.75) is 30.7 Å². The second-order valence-corrected chi connectivity index (χ2v) is 7.23. The molecule has 0 N–H and O–H groups in total. The van der Waals surface area contributed by atoms with Crippen LogP contribution < -0.4 is 4.90 Å². The van der Waals surface area contributed by atoms with Crippen LogP contribution in [0.2, 0.25) is 0 Å². The van der Waals surface area contributed by atoms with E-state index in [0.717, 1.165) is 36.5 Å². The number of carbonyl (C=O) groups is 2. The lowest BCUT2D eigenvalue weighted by Crippen LogP contribution is -2.36. The number of rotatable bonds is 3. The summed E-state index contributed by atoms with van der Waals surface area (Å²) in [5.74, 6) is 0.717.